The number of rotatable bonds is 15. The minimum atomic E-state index is 0. The van der Waals surface area contributed by atoms with E-state index in [2.05, 4.69) is 64.1 Å². The zero-order chi connectivity index (χ0) is 23.0. The average Bonchev–Trinajstić information content (AvgIpc) is 2.81. The second-order valence-corrected chi connectivity index (χ2v) is 8.99. The number of nitrogens with zero attached hydrogens (tertiary/aromatic N) is 2. The molecule has 0 saturated heterocycles. The summed E-state index contributed by atoms with van der Waals surface area (Å²) >= 11 is 0. The second-order valence-electron chi connectivity index (χ2n) is 8.99. The van der Waals surface area contributed by atoms with E-state index in [0.717, 1.165) is 37.1 Å². The Morgan fingerprint density at radius 2 is 0.758 bits per heavy atom. The zero-order valence-corrected chi connectivity index (χ0v) is 22.3. The molecule has 0 radical (unpaired) electrons. The Kier molecular flexibility index (Phi) is 15.7. The molecule has 0 unspecified atom stereocenters. The third-order valence-corrected chi connectivity index (χ3v) is 5.86. The number of aryl methyl sites for hydroxylation is 4. The number of hydrogen-bond donors (Lipinski definition) is 0. The van der Waals surface area contributed by atoms with Crippen LogP contribution in [0.25, 0.3) is 0 Å². The molecule has 2 aromatic carbocycles. The van der Waals surface area contributed by atoms with Crippen LogP contribution in [0.3, 0.4) is 0 Å². The summed E-state index contributed by atoms with van der Waals surface area (Å²) in [5.74, 6) is 0. The molecule has 0 bridgehead atoms. The Hall–Kier alpha value is -1.73. The van der Waals surface area contributed by atoms with Crippen LogP contribution >= 0.6 is 0 Å². The molecule has 0 heterocycles. The molecule has 0 aromatic heterocycles. The van der Waals surface area contributed by atoms with E-state index in [-0.39, 0.29) is 16.5 Å². The van der Waals surface area contributed by atoms with Gasteiger partial charge in [0.05, 0.1) is 11.4 Å². The fourth-order valence-corrected chi connectivity index (χ4v) is 3.97. The molecule has 0 saturated carbocycles. The van der Waals surface area contributed by atoms with Gasteiger partial charge in [-0.1, -0.05) is 65.5 Å². The van der Waals surface area contributed by atoms with Gasteiger partial charge in [-0.3, -0.25) is 9.98 Å². The van der Waals surface area contributed by atoms with E-state index in [9.17, 15) is 0 Å². The number of benzene rings is 2. The van der Waals surface area contributed by atoms with Gasteiger partial charge in [-0.2, -0.15) is 0 Å². The summed E-state index contributed by atoms with van der Waals surface area (Å²) in [4.78, 5) is 9.46. The van der Waals surface area contributed by atoms with E-state index in [0.29, 0.717) is 0 Å². The number of unbranched alkanes of at least 4 members (excludes halogenated alkanes) is 4. The Balaban J connectivity index is 0.00000544. The van der Waals surface area contributed by atoms with Crippen molar-refractivity contribution in [3.63, 3.8) is 0 Å². The van der Waals surface area contributed by atoms with Gasteiger partial charge in [0.2, 0.25) is 0 Å². The monoisotopic (exact) mass is 490 g/mol. The summed E-state index contributed by atoms with van der Waals surface area (Å²) in [6.07, 6.45) is 18.1. The maximum atomic E-state index is 4.73. The van der Waals surface area contributed by atoms with Crippen LogP contribution in [0.1, 0.15) is 101 Å². The van der Waals surface area contributed by atoms with Gasteiger partial charge in [0.1, 0.15) is 0 Å². The Morgan fingerprint density at radius 3 is 1.00 bits per heavy atom. The summed E-state index contributed by atoms with van der Waals surface area (Å²) in [6.45, 7) is 9.01. The minimum Gasteiger partial charge on any atom is -0.255 e. The van der Waals surface area contributed by atoms with Gasteiger partial charge in [0.25, 0.3) is 0 Å². The Labute approximate surface area is 213 Å². The molecular weight excluding hydrogens is 447 g/mol. The van der Waals surface area contributed by atoms with Gasteiger partial charge in [0.15, 0.2) is 0 Å². The molecule has 0 N–H and O–H groups in total. The van der Waals surface area contributed by atoms with Crippen molar-refractivity contribution in [3.8, 4) is 0 Å². The molecule has 0 spiro atoms. The van der Waals surface area contributed by atoms with Crippen LogP contribution in [0.5, 0.6) is 0 Å². The zero-order valence-electron chi connectivity index (χ0n) is 21.3. The van der Waals surface area contributed by atoms with E-state index in [1.54, 1.807) is 0 Å². The summed E-state index contributed by atoms with van der Waals surface area (Å²) in [6, 6.07) is 13.7. The predicted molar refractivity (Wildman–Crippen MR) is 144 cm³/mol. The van der Waals surface area contributed by atoms with Crippen molar-refractivity contribution in [3.05, 3.63) is 58.7 Å². The summed E-state index contributed by atoms with van der Waals surface area (Å²) < 4.78 is 0. The molecule has 2 nitrogen and oxygen atoms in total. The van der Waals surface area contributed by atoms with Crippen molar-refractivity contribution in [2.24, 2.45) is 9.98 Å². The van der Waals surface area contributed by atoms with Crippen molar-refractivity contribution in [1.82, 2.24) is 0 Å². The Bertz CT molecular complexity index is 730. The SMILES string of the molecule is CCCCc1cc(CCCC)cc(N=CC=Nc2cc(CCCC)cc(CCCC)c2)c1.[Ni]. The number of hydrogen-bond acceptors (Lipinski definition) is 2. The molecule has 0 aliphatic carbocycles. The van der Waals surface area contributed by atoms with Crippen LogP contribution in [0.4, 0.5) is 11.4 Å². The van der Waals surface area contributed by atoms with Crippen molar-refractivity contribution in [2.75, 3.05) is 0 Å². The maximum Gasteiger partial charge on any atom is 0.0635 e. The van der Waals surface area contributed by atoms with Gasteiger partial charge < -0.3 is 0 Å². The first kappa shape index (κ1) is 29.3. The minimum absolute atomic E-state index is 0. The van der Waals surface area contributed by atoms with Crippen LogP contribution in [0.15, 0.2) is 46.4 Å². The molecule has 184 valence electrons. The fraction of sp³-hybridized carbons (Fsp3) is 0.533. The maximum absolute atomic E-state index is 4.73. The summed E-state index contributed by atoms with van der Waals surface area (Å²) in [5, 5.41) is 0. The standard InChI is InChI=1S/C30H44N2.Ni/c1-5-9-13-25-19-26(14-10-6-2)22-29(21-25)31-17-18-32-30-23-27(15-11-7-3)20-28(24-30)16-12-8-4;/h17-24H,5-16H2,1-4H3;. The summed E-state index contributed by atoms with van der Waals surface area (Å²) in [7, 11) is 0. The van der Waals surface area contributed by atoms with Crippen LogP contribution in [-0.2, 0) is 42.2 Å². The molecule has 3 heteroatoms. The Morgan fingerprint density at radius 1 is 0.485 bits per heavy atom. The first-order valence-corrected chi connectivity index (χ1v) is 13.0. The predicted octanol–water partition coefficient (Wildman–Crippen LogP) is 9.16. The van der Waals surface area contributed by atoms with Crippen molar-refractivity contribution < 1.29 is 16.5 Å². The van der Waals surface area contributed by atoms with E-state index in [1.807, 2.05) is 12.4 Å². The molecule has 0 atom stereocenters. The van der Waals surface area contributed by atoms with Crippen molar-refractivity contribution in [1.29, 1.82) is 0 Å². The normalized spacial score (nSPS) is 11.4. The smallest absolute Gasteiger partial charge is 0.0635 e. The third-order valence-electron chi connectivity index (χ3n) is 5.86. The van der Waals surface area contributed by atoms with Crippen LogP contribution in [-0.4, -0.2) is 12.4 Å². The molecule has 33 heavy (non-hydrogen) atoms. The molecular formula is C30H44N2Ni. The van der Waals surface area contributed by atoms with Gasteiger partial charge in [-0.15, -0.1) is 0 Å². The molecule has 0 aliphatic heterocycles. The van der Waals surface area contributed by atoms with Gasteiger partial charge in [0, 0.05) is 28.9 Å². The molecule has 0 amide bonds. The van der Waals surface area contributed by atoms with Crippen LogP contribution < -0.4 is 0 Å². The quantitative estimate of drug-likeness (QED) is 0.175. The van der Waals surface area contributed by atoms with E-state index < -0.39 is 0 Å². The first-order chi connectivity index (χ1) is 15.7. The van der Waals surface area contributed by atoms with Crippen molar-refractivity contribution >= 4 is 23.8 Å². The van der Waals surface area contributed by atoms with Gasteiger partial charge in [-0.25, -0.2) is 0 Å². The third kappa shape index (κ3) is 11.8. The van der Waals surface area contributed by atoms with E-state index >= 15 is 0 Å². The first-order valence-electron chi connectivity index (χ1n) is 13.0. The largest absolute Gasteiger partial charge is 0.255 e. The second kappa shape index (κ2) is 17.7. The van der Waals surface area contributed by atoms with Gasteiger partial charge >= 0.3 is 0 Å². The van der Waals surface area contributed by atoms with E-state index in [4.69, 9.17) is 9.98 Å². The van der Waals surface area contributed by atoms with Crippen molar-refractivity contribution in [2.45, 2.75) is 105 Å². The summed E-state index contributed by atoms with van der Waals surface area (Å²) in [5.41, 5.74) is 7.75. The molecule has 2 rings (SSSR count). The topological polar surface area (TPSA) is 24.7 Å². The average molecular weight is 491 g/mol. The molecule has 2 aromatic rings. The van der Waals surface area contributed by atoms with Crippen LogP contribution in [0, 0.1) is 0 Å². The number of aliphatic imine (C=N–C) groups is 2. The van der Waals surface area contributed by atoms with Crippen LogP contribution in [0.2, 0.25) is 0 Å². The fourth-order valence-electron chi connectivity index (χ4n) is 3.97. The van der Waals surface area contributed by atoms with Gasteiger partial charge in [-0.05, 0) is 97.9 Å². The molecule has 0 aliphatic rings. The molecule has 0 fully saturated rings. The van der Waals surface area contributed by atoms with E-state index in [1.165, 1.54) is 73.6 Å².